The smallest absolute Gasteiger partial charge is 0.268 e. The maximum Gasteiger partial charge on any atom is 0.268 e. The number of carbonyl (C=O) groups excluding carboxylic acids is 1. The molecule has 0 aliphatic carbocycles. The summed E-state index contributed by atoms with van der Waals surface area (Å²) in [6.07, 6.45) is 1.97. The van der Waals surface area contributed by atoms with Gasteiger partial charge in [0, 0.05) is 19.4 Å². The van der Waals surface area contributed by atoms with Crippen molar-refractivity contribution < 1.29 is 14.6 Å². The highest BCUT2D eigenvalue weighted by molar-refractivity contribution is 5.97. The van der Waals surface area contributed by atoms with Gasteiger partial charge in [0.15, 0.2) is 0 Å². The molecule has 10 heavy (non-hydrogen) atoms. The summed E-state index contributed by atoms with van der Waals surface area (Å²) in [5.41, 5.74) is 0. The molecule has 1 rings (SSSR count). The molecule has 0 aromatic rings. The van der Waals surface area contributed by atoms with Gasteiger partial charge in [0.05, 0.1) is 0 Å². The van der Waals surface area contributed by atoms with Crippen molar-refractivity contribution in [2.24, 2.45) is 0 Å². The van der Waals surface area contributed by atoms with Gasteiger partial charge < -0.3 is 9.84 Å². The van der Waals surface area contributed by atoms with Crippen molar-refractivity contribution in [1.29, 1.82) is 0 Å². The van der Waals surface area contributed by atoms with Crippen molar-refractivity contribution in [2.75, 3.05) is 0 Å². The minimum Gasteiger partial charge on any atom is -0.459 e. The third kappa shape index (κ3) is 1.04. The zero-order chi connectivity index (χ0) is 7.78. The molecule has 0 saturated carbocycles. The van der Waals surface area contributed by atoms with E-state index >= 15 is 0 Å². The summed E-state index contributed by atoms with van der Waals surface area (Å²) in [4.78, 5) is 10.8. The van der Waals surface area contributed by atoms with E-state index in [9.17, 15) is 4.79 Å². The fourth-order valence-corrected chi connectivity index (χ4v) is 0.789. The molecule has 0 amide bonds. The molecule has 1 heterocycles. The second kappa shape index (κ2) is 2.09. The number of aliphatic hydroxyl groups is 1. The van der Waals surface area contributed by atoms with Crippen LogP contribution in [0.2, 0.25) is 0 Å². The number of carbonyl (C=O) groups is 1. The highest BCUT2D eigenvalue weighted by atomic mass is 16.6. The molecule has 3 nitrogen and oxygen atoms in total. The van der Waals surface area contributed by atoms with Crippen molar-refractivity contribution in [1.82, 2.24) is 0 Å². The Kier molecular flexibility index (Phi) is 1.52. The summed E-state index contributed by atoms with van der Waals surface area (Å²) in [6.45, 7) is 3.20. The van der Waals surface area contributed by atoms with Crippen LogP contribution < -0.4 is 0 Å². The Balaban J connectivity index is 2.76. The Labute approximate surface area is 59.3 Å². The van der Waals surface area contributed by atoms with E-state index in [-0.39, 0.29) is 5.78 Å². The summed E-state index contributed by atoms with van der Waals surface area (Å²) < 4.78 is 4.88. The molecule has 0 saturated heterocycles. The number of allylic oxidation sites excluding steroid dienone is 1. The number of rotatable bonds is 1. The molecule has 1 aliphatic heterocycles. The molecule has 3 heteroatoms. The second-order valence-corrected chi connectivity index (χ2v) is 2.41. The molecule has 0 bridgehead atoms. The summed E-state index contributed by atoms with van der Waals surface area (Å²) >= 11 is 0. The van der Waals surface area contributed by atoms with Crippen LogP contribution in [0.15, 0.2) is 11.8 Å². The standard InChI is InChI=1S/C7H10O3/c1-3-5-4-6(8)7(2,9)10-5/h4,9H,3H2,1-2H3. The molecule has 1 N–H and O–H groups in total. The first-order chi connectivity index (χ1) is 4.56. The molecule has 1 unspecified atom stereocenters. The van der Waals surface area contributed by atoms with Gasteiger partial charge in [-0.1, -0.05) is 6.92 Å². The normalized spacial score (nSPS) is 31.9. The molecule has 1 aliphatic rings. The van der Waals surface area contributed by atoms with Gasteiger partial charge in [-0.25, -0.2) is 0 Å². The van der Waals surface area contributed by atoms with E-state index < -0.39 is 5.79 Å². The molecule has 0 radical (unpaired) electrons. The highest BCUT2D eigenvalue weighted by Crippen LogP contribution is 2.23. The average Bonchev–Trinajstić information content (AvgIpc) is 2.08. The van der Waals surface area contributed by atoms with E-state index in [4.69, 9.17) is 9.84 Å². The fourth-order valence-electron chi connectivity index (χ4n) is 0.789. The molecular formula is C7H10O3. The minimum absolute atomic E-state index is 0.371. The van der Waals surface area contributed by atoms with Crippen molar-refractivity contribution in [3.8, 4) is 0 Å². The van der Waals surface area contributed by atoms with Crippen molar-refractivity contribution in [2.45, 2.75) is 26.1 Å². The first-order valence-corrected chi connectivity index (χ1v) is 3.22. The highest BCUT2D eigenvalue weighted by Gasteiger charge is 2.36. The molecule has 0 fully saturated rings. The monoisotopic (exact) mass is 142 g/mol. The zero-order valence-corrected chi connectivity index (χ0v) is 6.05. The van der Waals surface area contributed by atoms with Gasteiger partial charge in [0.25, 0.3) is 5.79 Å². The van der Waals surface area contributed by atoms with E-state index in [1.807, 2.05) is 6.92 Å². The van der Waals surface area contributed by atoms with Crippen LogP contribution in [0.3, 0.4) is 0 Å². The number of hydrogen-bond donors (Lipinski definition) is 1. The Morgan fingerprint density at radius 2 is 2.40 bits per heavy atom. The lowest BCUT2D eigenvalue weighted by Crippen LogP contribution is -2.31. The van der Waals surface area contributed by atoms with E-state index in [0.29, 0.717) is 12.2 Å². The summed E-state index contributed by atoms with van der Waals surface area (Å²) in [5.74, 6) is -1.43. The Morgan fingerprint density at radius 1 is 1.80 bits per heavy atom. The van der Waals surface area contributed by atoms with Gasteiger partial charge in [-0.2, -0.15) is 0 Å². The first-order valence-electron chi connectivity index (χ1n) is 3.22. The third-order valence-electron chi connectivity index (χ3n) is 1.43. The van der Waals surface area contributed by atoms with Crippen LogP contribution in [0.5, 0.6) is 0 Å². The molecule has 0 spiro atoms. The largest absolute Gasteiger partial charge is 0.459 e. The number of ketones is 1. The summed E-state index contributed by atoms with van der Waals surface area (Å²) in [5, 5.41) is 9.14. The van der Waals surface area contributed by atoms with Crippen LogP contribution in [-0.4, -0.2) is 16.7 Å². The third-order valence-corrected chi connectivity index (χ3v) is 1.43. The molecular weight excluding hydrogens is 132 g/mol. The second-order valence-electron chi connectivity index (χ2n) is 2.41. The van der Waals surface area contributed by atoms with Gasteiger partial charge in [-0.15, -0.1) is 0 Å². The van der Waals surface area contributed by atoms with Crippen LogP contribution in [0.25, 0.3) is 0 Å². The lowest BCUT2D eigenvalue weighted by molar-refractivity contribution is -0.170. The molecule has 56 valence electrons. The topological polar surface area (TPSA) is 46.5 Å². The summed E-state index contributed by atoms with van der Waals surface area (Å²) in [7, 11) is 0. The Bertz CT molecular complexity index is 191. The molecule has 0 aromatic carbocycles. The van der Waals surface area contributed by atoms with Gasteiger partial charge in [-0.05, 0) is 0 Å². The SMILES string of the molecule is CCC1=CC(=O)C(C)(O)O1. The van der Waals surface area contributed by atoms with Crippen molar-refractivity contribution in [3.05, 3.63) is 11.8 Å². The first kappa shape index (κ1) is 7.28. The maximum atomic E-state index is 10.8. The fraction of sp³-hybridized carbons (Fsp3) is 0.571. The van der Waals surface area contributed by atoms with Gasteiger partial charge in [-0.3, -0.25) is 4.79 Å². The van der Waals surface area contributed by atoms with Crippen LogP contribution in [0.4, 0.5) is 0 Å². The molecule has 0 aromatic heterocycles. The van der Waals surface area contributed by atoms with Crippen molar-refractivity contribution >= 4 is 5.78 Å². The predicted molar refractivity (Wildman–Crippen MR) is 35.1 cm³/mol. The average molecular weight is 142 g/mol. The van der Waals surface area contributed by atoms with Crippen LogP contribution in [-0.2, 0) is 9.53 Å². The zero-order valence-electron chi connectivity index (χ0n) is 6.05. The van der Waals surface area contributed by atoms with E-state index in [1.165, 1.54) is 13.0 Å². The predicted octanol–water partition coefficient (Wildman–Crippen LogP) is 0.588. The van der Waals surface area contributed by atoms with E-state index in [2.05, 4.69) is 0 Å². The number of ether oxygens (including phenoxy) is 1. The van der Waals surface area contributed by atoms with Crippen LogP contribution in [0, 0.1) is 0 Å². The quantitative estimate of drug-likeness (QED) is 0.582. The Hall–Kier alpha value is -0.830. The van der Waals surface area contributed by atoms with Gasteiger partial charge in [0.2, 0.25) is 5.78 Å². The number of hydrogen-bond acceptors (Lipinski definition) is 3. The van der Waals surface area contributed by atoms with E-state index in [0.717, 1.165) is 0 Å². The maximum absolute atomic E-state index is 10.8. The Morgan fingerprint density at radius 3 is 2.60 bits per heavy atom. The lowest BCUT2D eigenvalue weighted by atomic mass is 10.2. The lowest BCUT2D eigenvalue weighted by Gasteiger charge is -2.15. The van der Waals surface area contributed by atoms with Crippen LogP contribution in [0.1, 0.15) is 20.3 Å². The summed E-state index contributed by atoms with van der Waals surface area (Å²) in [6, 6.07) is 0. The van der Waals surface area contributed by atoms with Gasteiger partial charge >= 0.3 is 0 Å². The van der Waals surface area contributed by atoms with Crippen molar-refractivity contribution in [3.63, 3.8) is 0 Å². The van der Waals surface area contributed by atoms with E-state index in [1.54, 1.807) is 0 Å². The molecule has 1 atom stereocenters. The van der Waals surface area contributed by atoms with Crippen LogP contribution >= 0.6 is 0 Å². The minimum atomic E-state index is -1.61. The van der Waals surface area contributed by atoms with Gasteiger partial charge in [0.1, 0.15) is 5.76 Å².